The van der Waals surface area contributed by atoms with Crippen molar-refractivity contribution in [2.24, 2.45) is 0 Å². The minimum atomic E-state index is -0.0394. The summed E-state index contributed by atoms with van der Waals surface area (Å²) in [5, 5.41) is 4.30. The summed E-state index contributed by atoms with van der Waals surface area (Å²) in [6.07, 6.45) is 12.9. The Morgan fingerprint density at radius 1 is 0.708 bits per heavy atom. The van der Waals surface area contributed by atoms with Gasteiger partial charge in [-0.2, -0.15) is 9.13 Å². The van der Waals surface area contributed by atoms with Crippen molar-refractivity contribution < 1.29 is 9.13 Å². The molecule has 0 bridgehead atoms. The average molecular weight is 633 g/mol. The van der Waals surface area contributed by atoms with Crippen LogP contribution in [-0.4, -0.2) is 0 Å². The van der Waals surface area contributed by atoms with Gasteiger partial charge in [0, 0.05) is 42.5 Å². The highest BCUT2D eigenvalue weighted by Crippen LogP contribution is 2.52. The molecule has 6 aromatic rings. The Balaban J connectivity index is 1.36. The molecule has 0 N–H and O–H groups in total. The van der Waals surface area contributed by atoms with Crippen LogP contribution in [0.15, 0.2) is 109 Å². The van der Waals surface area contributed by atoms with Gasteiger partial charge < -0.3 is 0 Å². The number of unbranched alkanes of at least 4 members (excludes halogenated alkanes) is 1. The van der Waals surface area contributed by atoms with Crippen molar-refractivity contribution in [3.63, 3.8) is 0 Å². The number of aryl methyl sites for hydroxylation is 4. The molecular weight excluding hydrogens is 581 g/mol. The van der Waals surface area contributed by atoms with Crippen molar-refractivity contribution >= 4 is 21.7 Å². The summed E-state index contributed by atoms with van der Waals surface area (Å²) in [7, 11) is 0. The van der Waals surface area contributed by atoms with Crippen LogP contribution in [-0.2, 0) is 23.9 Å². The van der Waals surface area contributed by atoms with Crippen molar-refractivity contribution in [2.45, 2.75) is 104 Å². The maximum absolute atomic E-state index is 2.76. The van der Waals surface area contributed by atoms with Gasteiger partial charge in [0.25, 0.3) is 0 Å². The molecule has 0 amide bonds. The SMILES string of the molecule is CCCCc1cc[n+]2c3c1ccc1cccc(c13)C(C)(CC)C2(CC)CCC[n+]1cc(-c2ccccc2)c(C)cc1-c1ccccc1C. The first-order valence-electron chi connectivity index (χ1n) is 18.4. The van der Waals surface area contributed by atoms with E-state index < -0.39 is 0 Å². The lowest BCUT2D eigenvalue weighted by molar-refractivity contribution is -0.758. The molecule has 2 atom stereocenters. The molecule has 48 heavy (non-hydrogen) atoms. The monoisotopic (exact) mass is 632 g/mol. The third-order valence-electron chi connectivity index (χ3n) is 12.1. The molecule has 1 aliphatic rings. The molecule has 1 aliphatic heterocycles. The van der Waals surface area contributed by atoms with Gasteiger partial charge >= 0.3 is 0 Å². The van der Waals surface area contributed by atoms with Gasteiger partial charge in [-0.3, -0.25) is 0 Å². The van der Waals surface area contributed by atoms with Crippen molar-refractivity contribution in [2.75, 3.05) is 0 Å². The molecule has 0 saturated heterocycles. The number of nitrogens with zero attached hydrogens (tertiary/aromatic N) is 2. The average Bonchev–Trinajstić information content (AvgIpc) is 3.12. The predicted molar refractivity (Wildman–Crippen MR) is 202 cm³/mol. The number of aromatic nitrogens is 2. The lowest BCUT2D eigenvalue weighted by atomic mass is 9.59. The summed E-state index contributed by atoms with van der Waals surface area (Å²) >= 11 is 0. The molecule has 4 aromatic carbocycles. The lowest BCUT2D eigenvalue weighted by Gasteiger charge is -2.47. The quantitative estimate of drug-likeness (QED) is 0.0992. The van der Waals surface area contributed by atoms with E-state index in [1.54, 1.807) is 0 Å². The fraction of sp³-hybridized carbons (Fsp3) is 0.348. The van der Waals surface area contributed by atoms with Gasteiger partial charge in [0.05, 0.1) is 16.2 Å². The molecule has 0 radical (unpaired) electrons. The van der Waals surface area contributed by atoms with Crippen molar-refractivity contribution in [3.05, 3.63) is 132 Å². The summed E-state index contributed by atoms with van der Waals surface area (Å²) in [6.45, 7) is 15.2. The zero-order valence-electron chi connectivity index (χ0n) is 29.9. The maximum atomic E-state index is 2.76. The lowest BCUT2D eigenvalue weighted by Crippen LogP contribution is -2.68. The molecule has 0 fully saturated rings. The molecule has 2 unspecified atom stereocenters. The second-order valence-electron chi connectivity index (χ2n) is 14.5. The first-order chi connectivity index (χ1) is 23.4. The summed E-state index contributed by atoms with van der Waals surface area (Å²) in [5.41, 5.74) is 12.3. The normalized spacial score (nSPS) is 18.6. The van der Waals surface area contributed by atoms with Gasteiger partial charge in [-0.05, 0) is 85.4 Å². The van der Waals surface area contributed by atoms with Crippen LogP contribution in [0.3, 0.4) is 0 Å². The van der Waals surface area contributed by atoms with Crippen molar-refractivity contribution in [3.8, 4) is 22.4 Å². The number of benzene rings is 4. The highest BCUT2D eigenvalue weighted by molar-refractivity contribution is 6.07. The standard InChI is InChI=1S/C46H52N2/c1-7-10-19-36-27-30-48-44-39(36)26-25-37-22-16-24-41(43(37)44)45(6,8-2)46(48,9-3)28-17-29-47-32-40(35-20-12-11-13-21-35)34(5)31-42(47)38-23-15-14-18-33(38)4/h11-16,18,20-27,30-32H,7-10,17,19,28-29H2,1-6H3/q+2. The molecule has 244 valence electrons. The molecule has 0 aliphatic carbocycles. The van der Waals surface area contributed by atoms with E-state index in [1.165, 1.54) is 79.2 Å². The molecule has 2 heteroatoms. The van der Waals surface area contributed by atoms with Crippen LogP contribution in [0.25, 0.3) is 44.1 Å². The van der Waals surface area contributed by atoms with E-state index in [1.807, 2.05) is 0 Å². The number of hydrogen-bond donors (Lipinski definition) is 0. The first kappa shape index (κ1) is 32.3. The fourth-order valence-corrected chi connectivity index (χ4v) is 9.20. The van der Waals surface area contributed by atoms with Crippen LogP contribution in [0, 0.1) is 13.8 Å². The van der Waals surface area contributed by atoms with Crippen LogP contribution in [0.2, 0.25) is 0 Å². The Morgan fingerprint density at radius 3 is 2.25 bits per heavy atom. The minimum absolute atomic E-state index is 0.00410. The zero-order chi connectivity index (χ0) is 33.5. The van der Waals surface area contributed by atoms with Crippen LogP contribution in [0.5, 0.6) is 0 Å². The number of pyridine rings is 2. The third kappa shape index (κ3) is 5.07. The van der Waals surface area contributed by atoms with E-state index >= 15 is 0 Å². The van der Waals surface area contributed by atoms with E-state index in [0.717, 1.165) is 38.6 Å². The summed E-state index contributed by atoms with van der Waals surface area (Å²) < 4.78 is 5.31. The minimum Gasteiger partial charge on any atom is -0.198 e. The molecule has 0 spiro atoms. The molecular formula is C46H52N2+2. The Morgan fingerprint density at radius 2 is 1.50 bits per heavy atom. The summed E-state index contributed by atoms with van der Waals surface area (Å²) in [4.78, 5) is 0. The van der Waals surface area contributed by atoms with Gasteiger partial charge in [-0.1, -0.05) is 100.0 Å². The Hall–Kier alpha value is -4.30. The molecule has 2 aromatic heterocycles. The van der Waals surface area contributed by atoms with Crippen LogP contribution < -0.4 is 9.13 Å². The third-order valence-corrected chi connectivity index (χ3v) is 12.1. The number of rotatable bonds is 11. The first-order valence-corrected chi connectivity index (χ1v) is 18.4. The van der Waals surface area contributed by atoms with Crippen molar-refractivity contribution in [1.29, 1.82) is 0 Å². The van der Waals surface area contributed by atoms with Gasteiger partial charge in [0.1, 0.15) is 6.54 Å². The smallest absolute Gasteiger partial charge is 0.198 e. The topological polar surface area (TPSA) is 7.76 Å². The van der Waals surface area contributed by atoms with Crippen molar-refractivity contribution in [1.82, 2.24) is 0 Å². The second-order valence-corrected chi connectivity index (χ2v) is 14.5. The van der Waals surface area contributed by atoms with Gasteiger partial charge in [0.15, 0.2) is 17.9 Å². The molecule has 7 rings (SSSR count). The van der Waals surface area contributed by atoms with Gasteiger partial charge in [-0.15, -0.1) is 0 Å². The summed E-state index contributed by atoms with van der Waals surface area (Å²) in [6, 6.07) is 36.5. The maximum Gasteiger partial charge on any atom is 0.221 e. The van der Waals surface area contributed by atoms with E-state index in [4.69, 9.17) is 0 Å². The zero-order valence-corrected chi connectivity index (χ0v) is 29.9. The largest absolute Gasteiger partial charge is 0.221 e. The van der Waals surface area contributed by atoms with E-state index in [0.29, 0.717) is 0 Å². The second kappa shape index (κ2) is 13.0. The van der Waals surface area contributed by atoms with E-state index in [2.05, 4.69) is 160 Å². The molecule has 0 saturated carbocycles. The Kier molecular flexibility index (Phi) is 8.71. The Labute approximate surface area is 288 Å². The van der Waals surface area contributed by atoms with Crippen LogP contribution in [0.4, 0.5) is 0 Å². The number of hydrogen-bond acceptors (Lipinski definition) is 0. The predicted octanol–water partition coefficient (Wildman–Crippen LogP) is 11.1. The van der Waals surface area contributed by atoms with Crippen LogP contribution >= 0.6 is 0 Å². The molecule has 3 heterocycles. The summed E-state index contributed by atoms with van der Waals surface area (Å²) in [5.74, 6) is 0. The highest BCUT2D eigenvalue weighted by atomic mass is 15.1. The van der Waals surface area contributed by atoms with Gasteiger partial charge in [0.2, 0.25) is 11.2 Å². The van der Waals surface area contributed by atoms with Gasteiger partial charge in [-0.25, -0.2) is 0 Å². The highest BCUT2D eigenvalue weighted by Gasteiger charge is 2.58. The van der Waals surface area contributed by atoms with E-state index in [-0.39, 0.29) is 11.0 Å². The Bertz CT molecular complexity index is 2110. The molecule has 2 nitrogen and oxygen atoms in total. The van der Waals surface area contributed by atoms with E-state index in [9.17, 15) is 0 Å². The fourth-order valence-electron chi connectivity index (χ4n) is 9.20. The van der Waals surface area contributed by atoms with Crippen LogP contribution in [0.1, 0.15) is 88.5 Å².